The first-order valence-corrected chi connectivity index (χ1v) is 11.0. The molecule has 0 fully saturated rings. The molecule has 0 spiro atoms. The summed E-state index contributed by atoms with van der Waals surface area (Å²) in [6, 6.07) is 1.28. The first-order chi connectivity index (χ1) is 6.77. The van der Waals surface area contributed by atoms with Crippen LogP contribution in [0.1, 0.15) is 0 Å². The Morgan fingerprint density at radius 2 is 1.73 bits per heavy atom. The van der Waals surface area contributed by atoms with Gasteiger partial charge in [-0.05, 0) is 33.7 Å². The Kier molecular flexibility index (Phi) is 6.23. The van der Waals surface area contributed by atoms with Gasteiger partial charge >= 0.3 is 8.80 Å². The van der Waals surface area contributed by atoms with E-state index in [-0.39, 0.29) is 0 Å². The summed E-state index contributed by atoms with van der Waals surface area (Å²) in [5.74, 6) is 0. The van der Waals surface area contributed by atoms with Crippen molar-refractivity contribution < 1.29 is 4.43 Å². The second-order valence-corrected chi connectivity index (χ2v) is 14.3. The third-order valence-electron chi connectivity index (χ3n) is 2.50. The molecule has 0 bridgehead atoms. The molecule has 1 atom stereocenters. The second kappa shape index (κ2) is 6.12. The molecule has 0 aliphatic carbocycles. The van der Waals surface area contributed by atoms with Gasteiger partial charge < -0.3 is 4.43 Å². The third-order valence-corrected chi connectivity index (χ3v) is 7.51. The first-order valence-electron chi connectivity index (χ1n) is 5.44. The number of nitrogens with zero attached hydrogens (tertiary/aromatic N) is 1. The van der Waals surface area contributed by atoms with E-state index >= 15 is 0 Å². The Morgan fingerprint density at radius 3 is 2.00 bits per heavy atom. The van der Waals surface area contributed by atoms with Crippen molar-refractivity contribution in [2.75, 3.05) is 34.8 Å². The van der Waals surface area contributed by atoms with Gasteiger partial charge in [-0.15, -0.1) is 0 Å². The van der Waals surface area contributed by atoms with Gasteiger partial charge in [-0.2, -0.15) is 0 Å². The van der Waals surface area contributed by atoms with Gasteiger partial charge in [0, 0.05) is 15.2 Å². The van der Waals surface area contributed by atoms with Crippen molar-refractivity contribution in [1.29, 1.82) is 0 Å². The van der Waals surface area contributed by atoms with Crippen molar-refractivity contribution >= 4 is 16.9 Å². The highest BCUT2D eigenvalue weighted by molar-refractivity contribution is 6.76. The van der Waals surface area contributed by atoms with Crippen molar-refractivity contribution in [1.82, 2.24) is 14.5 Å². The molecule has 4 nitrogen and oxygen atoms in total. The van der Waals surface area contributed by atoms with Crippen LogP contribution in [0.25, 0.3) is 0 Å². The maximum absolute atomic E-state index is 5.62. The lowest BCUT2D eigenvalue weighted by Crippen LogP contribution is -2.72. The summed E-state index contributed by atoms with van der Waals surface area (Å²) < 4.78 is 7.76. The maximum atomic E-state index is 5.62. The minimum Gasteiger partial charge on any atom is -0.383 e. The van der Waals surface area contributed by atoms with Gasteiger partial charge in [0.25, 0.3) is 0 Å². The molecule has 6 heteroatoms. The fourth-order valence-electron chi connectivity index (χ4n) is 1.43. The van der Waals surface area contributed by atoms with Gasteiger partial charge in [0.1, 0.15) is 0 Å². The van der Waals surface area contributed by atoms with Crippen LogP contribution >= 0.6 is 0 Å². The molecule has 0 saturated heterocycles. The lowest BCUT2D eigenvalue weighted by molar-refractivity contribution is 0.302. The molecule has 0 amide bonds. The molecule has 92 valence electrons. The van der Waals surface area contributed by atoms with Gasteiger partial charge in [0.2, 0.25) is 0 Å². The van der Waals surface area contributed by atoms with Crippen LogP contribution in [0, 0.1) is 0 Å². The predicted octanol–water partition coefficient (Wildman–Crippen LogP) is 0.777. The Balaban J connectivity index is 4.19. The van der Waals surface area contributed by atoms with E-state index in [4.69, 9.17) is 4.43 Å². The largest absolute Gasteiger partial charge is 0.441 e. The van der Waals surface area contributed by atoms with E-state index in [1.54, 1.807) is 7.11 Å². The fraction of sp³-hybridized carbons (Fsp3) is 1.00. The monoisotopic (exact) mass is 249 g/mol. The molecule has 0 rings (SSSR count). The minimum atomic E-state index is -2.07. The van der Waals surface area contributed by atoms with Crippen molar-refractivity contribution in [3.05, 3.63) is 0 Å². The van der Waals surface area contributed by atoms with Crippen molar-refractivity contribution in [2.24, 2.45) is 0 Å². The SMILES string of the molecule is CN[Si](NCC[Si](C)(C)C)(OC)N(C)C. The van der Waals surface area contributed by atoms with E-state index in [9.17, 15) is 0 Å². The Hall–Kier alpha value is 0.274. The number of rotatable bonds is 7. The molecular weight excluding hydrogens is 222 g/mol. The summed E-state index contributed by atoms with van der Waals surface area (Å²) in [5.41, 5.74) is 0. The third kappa shape index (κ3) is 5.23. The topological polar surface area (TPSA) is 36.5 Å². The van der Waals surface area contributed by atoms with E-state index < -0.39 is 16.9 Å². The van der Waals surface area contributed by atoms with Crippen molar-refractivity contribution in [3.63, 3.8) is 0 Å². The van der Waals surface area contributed by atoms with Crippen LogP contribution in [0.4, 0.5) is 0 Å². The Labute approximate surface area is 96.8 Å². The van der Waals surface area contributed by atoms with Crippen molar-refractivity contribution in [3.8, 4) is 0 Å². The summed E-state index contributed by atoms with van der Waals surface area (Å²) >= 11 is 0. The van der Waals surface area contributed by atoms with Crippen LogP contribution in [0.2, 0.25) is 25.7 Å². The molecule has 0 aromatic carbocycles. The number of nitrogens with one attached hydrogen (secondary N) is 2. The molecule has 15 heavy (non-hydrogen) atoms. The Morgan fingerprint density at radius 1 is 1.20 bits per heavy atom. The second-order valence-electron chi connectivity index (χ2n) is 5.23. The summed E-state index contributed by atoms with van der Waals surface area (Å²) in [5, 5.41) is 0. The first kappa shape index (κ1) is 15.3. The van der Waals surface area contributed by atoms with Crippen LogP contribution in [-0.4, -0.2) is 56.2 Å². The molecule has 1 unspecified atom stereocenters. The van der Waals surface area contributed by atoms with Gasteiger partial charge in [0.05, 0.1) is 0 Å². The summed E-state index contributed by atoms with van der Waals surface area (Å²) in [4.78, 5) is 6.85. The van der Waals surface area contributed by atoms with Crippen LogP contribution in [0.3, 0.4) is 0 Å². The molecule has 0 aromatic rings. The van der Waals surface area contributed by atoms with Gasteiger partial charge in [-0.25, -0.2) is 0 Å². The molecule has 2 N–H and O–H groups in total. The van der Waals surface area contributed by atoms with Gasteiger partial charge in [-0.3, -0.25) is 14.5 Å². The van der Waals surface area contributed by atoms with E-state index in [0.717, 1.165) is 6.54 Å². The average molecular weight is 250 g/mol. The highest BCUT2D eigenvalue weighted by Crippen LogP contribution is 2.07. The normalized spacial score (nSPS) is 16.8. The molecule has 0 heterocycles. The highest BCUT2D eigenvalue weighted by atomic mass is 28.4. The van der Waals surface area contributed by atoms with Gasteiger partial charge in [-0.1, -0.05) is 19.6 Å². The van der Waals surface area contributed by atoms with E-state index in [0.29, 0.717) is 0 Å². The van der Waals surface area contributed by atoms with Crippen LogP contribution in [0.15, 0.2) is 0 Å². The van der Waals surface area contributed by atoms with Crippen molar-refractivity contribution in [2.45, 2.75) is 25.7 Å². The number of hydrogen-bond acceptors (Lipinski definition) is 4. The minimum absolute atomic E-state index is 0.959. The van der Waals surface area contributed by atoms with E-state index in [1.807, 2.05) is 21.1 Å². The molecule has 0 aliphatic heterocycles. The zero-order chi connectivity index (χ0) is 12.1. The molecule has 0 aliphatic rings. The highest BCUT2D eigenvalue weighted by Gasteiger charge is 2.37. The Bertz CT molecular complexity index is 179. The fourth-order valence-corrected chi connectivity index (χ4v) is 4.68. The zero-order valence-electron chi connectivity index (χ0n) is 11.3. The lowest BCUT2D eigenvalue weighted by atomic mass is 10.8. The maximum Gasteiger partial charge on any atom is 0.441 e. The van der Waals surface area contributed by atoms with Gasteiger partial charge in [0.15, 0.2) is 0 Å². The summed E-state index contributed by atoms with van der Waals surface area (Å²) in [6.07, 6.45) is 0. The lowest BCUT2D eigenvalue weighted by Gasteiger charge is -2.35. The van der Waals surface area contributed by atoms with Crippen LogP contribution in [-0.2, 0) is 4.43 Å². The molecule has 0 aromatic heterocycles. The zero-order valence-corrected chi connectivity index (χ0v) is 13.3. The predicted molar refractivity (Wildman–Crippen MR) is 71.7 cm³/mol. The quantitative estimate of drug-likeness (QED) is 0.654. The van der Waals surface area contributed by atoms with Crippen LogP contribution in [0.5, 0.6) is 0 Å². The molecule has 0 radical (unpaired) electrons. The number of hydrogen-bond donors (Lipinski definition) is 2. The summed E-state index contributed by atoms with van der Waals surface area (Å²) in [7, 11) is 4.80. The smallest absolute Gasteiger partial charge is 0.383 e. The van der Waals surface area contributed by atoms with E-state index in [1.165, 1.54) is 6.04 Å². The van der Waals surface area contributed by atoms with Crippen LogP contribution < -0.4 is 9.96 Å². The molecule has 0 saturated carbocycles. The standard InChI is InChI=1S/C9H27N3OSi2/c1-10-15(13-4,12(2)3)11-8-9-14(5,6)7/h10-11H,8-9H2,1-7H3. The molecular formula is C9H27N3OSi2. The average Bonchev–Trinajstić information content (AvgIpc) is 2.10. The summed E-state index contributed by atoms with van der Waals surface area (Å²) in [6.45, 7) is 8.20. The van der Waals surface area contributed by atoms with E-state index in [2.05, 4.69) is 34.2 Å².